The van der Waals surface area contributed by atoms with Crippen molar-refractivity contribution in [3.63, 3.8) is 0 Å². The third kappa shape index (κ3) is 8.11. The number of aryl methyl sites for hydroxylation is 2. The maximum Gasteiger partial charge on any atom is 0.242 e. The van der Waals surface area contributed by atoms with Gasteiger partial charge in [-0.05, 0) is 69.0 Å². The summed E-state index contributed by atoms with van der Waals surface area (Å²) in [6.07, 6.45) is 2.23. The molecule has 0 radical (unpaired) electrons. The molecule has 1 N–H and O–H groups in total. The van der Waals surface area contributed by atoms with E-state index in [-0.39, 0.29) is 37.7 Å². The Balaban J connectivity index is 2.22. The molecular weight excluding hydrogens is 521 g/mol. The SMILES string of the molecule is CCCNC(=O)C(C)N(Cc1c(Cl)cccc1Cl)C(=O)CCCN(c1ccc(C)c(C)c1)S(C)(=O)=O. The van der Waals surface area contributed by atoms with E-state index >= 15 is 0 Å². The van der Waals surface area contributed by atoms with Gasteiger partial charge in [0.25, 0.3) is 0 Å². The largest absolute Gasteiger partial charge is 0.354 e. The van der Waals surface area contributed by atoms with Gasteiger partial charge in [-0.25, -0.2) is 8.42 Å². The fourth-order valence-electron chi connectivity index (χ4n) is 3.72. The van der Waals surface area contributed by atoms with Gasteiger partial charge in [-0.3, -0.25) is 13.9 Å². The molecule has 2 rings (SSSR count). The van der Waals surface area contributed by atoms with E-state index in [0.717, 1.165) is 23.8 Å². The van der Waals surface area contributed by atoms with Crippen molar-refractivity contribution in [3.05, 3.63) is 63.1 Å². The number of nitrogens with one attached hydrogen (secondary N) is 1. The Hall–Kier alpha value is -2.29. The monoisotopic (exact) mass is 555 g/mol. The molecule has 0 saturated carbocycles. The average molecular weight is 557 g/mol. The minimum absolute atomic E-state index is 0.0460. The molecular formula is C26H35Cl2N3O4S. The number of amides is 2. The molecule has 36 heavy (non-hydrogen) atoms. The third-order valence-corrected chi connectivity index (χ3v) is 7.94. The summed E-state index contributed by atoms with van der Waals surface area (Å²) in [6, 6.07) is 9.77. The van der Waals surface area contributed by atoms with Crippen LogP contribution in [0.3, 0.4) is 0 Å². The lowest BCUT2D eigenvalue weighted by Crippen LogP contribution is -2.48. The molecule has 0 aliphatic rings. The minimum Gasteiger partial charge on any atom is -0.354 e. The summed E-state index contributed by atoms with van der Waals surface area (Å²) in [7, 11) is -3.56. The standard InChI is InChI=1S/C26H35Cl2N3O4S/c1-6-14-29-26(33)20(4)30(17-22-23(27)9-7-10-24(22)28)25(32)11-8-15-31(36(5,34)35)21-13-12-18(2)19(3)16-21/h7,9-10,12-13,16,20H,6,8,11,14-15,17H2,1-5H3,(H,29,33). The van der Waals surface area contributed by atoms with Crippen LogP contribution >= 0.6 is 23.2 Å². The molecule has 2 amide bonds. The Labute approximate surface area is 224 Å². The molecule has 0 fully saturated rings. The van der Waals surface area contributed by atoms with Gasteiger partial charge in [0.15, 0.2) is 0 Å². The summed E-state index contributed by atoms with van der Waals surface area (Å²) < 4.78 is 26.3. The summed E-state index contributed by atoms with van der Waals surface area (Å²) >= 11 is 12.7. The van der Waals surface area contributed by atoms with Gasteiger partial charge < -0.3 is 10.2 Å². The number of carbonyl (C=O) groups is 2. The second kappa shape index (κ2) is 13.3. The van der Waals surface area contributed by atoms with Crippen molar-refractivity contribution in [1.29, 1.82) is 0 Å². The van der Waals surface area contributed by atoms with Crippen LogP contribution < -0.4 is 9.62 Å². The number of nitrogens with zero attached hydrogens (tertiary/aromatic N) is 2. The van der Waals surface area contributed by atoms with Crippen LogP contribution in [-0.2, 0) is 26.2 Å². The predicted molar refractivity (Wildman–Crippen MR) is 147 cm³/mol. The molecule has 2 aromatic carbocycles. The van der Waals surface area contributed by atoms with Crippen LogP contribution in [0, 0.1) is 13.8 Å². The van der Waals surface area contributed by atoms with Crippen molar-refractivity contribution in [3.8, 4) is 0 Å². The average Bonchev–Trinajstić information content (AvgIpc) is 2.80. The van der Waals surface area contributed by atoms with Crippen LogP contribution in [0.15, 0.2) is 36.4 Å². The molecule has 1 atom stereocenters. The zero-order valence-electron chi connectivity index (χ0n) is 21.5. The first kappa shape index (κ1) is 29.9. The fraction of sp³-hybridized carbons (Fsp3) is 0.462. The predicted octanol–water partition coefficient (Wildman–Crippen LogP) is 5.10. The molecule has 1 unspecified atom stereocenters. The molecule has 0 aliphatic carbocycles. The van der Waals surface area contributed by atoms with Crippen molar-refractivity contribution in [2.75, 3.05) is 23.7 Å². The van der Waals surface area contributed by atoms with Gasteiger partial charge in [-0.15, -0.1) is 0 Å². The molecule has 0 heterocycles. The molecule has 7 nitrogen and oxygen atoms in total. The quantitative estimate of drug-likeness (QED) is 0.394. The van der Waals surface area contributed by atoms with Crippen molar-refractivity contribution in [2.24, 2.45) is 0 Å². The topological polar surface area (TPSA) is 86.8 Å². The normalized spacial score (nSPS) is 12.2. The smallest absolute Gasteiger partial charge is 0.242 e. The molecule has 0 saturated heterocycles. The van der Waals surface area contributed by atoms with Crippen LogP contribution in [0.1, 0.15) is 49.8 Å². The van der Waals surface area contributed by atoms with Crippen LogP contribution in [0.2, 0.25) is 10.0 Å². The number of rotatable bonds is 12. The summed E-state index contributed by atoms with van der Waals surface area (Å²) in [5.41, 5.74) is 3.15. The molecule has 2 aromatic rings. The van der Waals surface area contributed by atoms with Crippen LogP contribution in [0.4, 0.5) is 5.69 Å². The second-order valence-electron chi connectivity index (χ2n) is 8.90. The zero-order valence-corrected chi connectivity index (χ0v) is 23.8. The van der Waals surface area contributed by atoms with E-state index in [1.54, 1.807) is 31.2 Å². The number of hydrogen-bond acceptors (Lipinski definition) is 4. The third-order valence-electron chi connectivity index (χ3n) is 6.04. The maximum atomic E-state index is 13.3. The van der Waals surface area contributed by atoms with Gasteiger partial charge in [0.05, 0.1) is 11.9 Å². The lowest BCUT2D eigenvalue weighted by atomic mass is 10.1. The number of anilines is 1. The summed E-state index contributed by atoms with van der Waals surface area (Å²) in [6.45, 7) is 8.17. The van der Waals surface area contributed by atoms with Crippen LogP contribution in [0.25, 0.3) is 0 Å². The van der Waals surface area contributed by atoms with E-state index in [9.17, 15) is 18.0 Å². The van der Waals surface area contributed by atoms with Gasteiger partial charge >= 0.3 is 0 Å². The first-order chi connectivity index (χ1) is 16.9. The molecule has 0 bridgehead atoms. The highest BCUT2D eigenvalue weighted by molar-refractivity contribution is 7.92. The Morgan fingerprint density at radius 2 is 1.69 bits per heavy atom. The highest BCUT2D eigenvalue weighted by atomic mass is 35.5. The van der Waals surface area contributed by atoms with Gasteiger partial charge in [-0.1, -0.05) is 42.3 Å². The van der Waals surface area contributed by atoms with Gasteiger partial charge in [0, 0.05) is 41.7 Å². The van der Waals surface area contributed by atoms with E-state index in [4.69, 9.17) is 23.2 Å². The first-order valence-electron chi connectivity index (χ1n) is 11.9. The Bertz CT molecular complexity index is 1170. The molecule has 0 aromatic heterocycles. The van der Waals surface area contributed by atoms with Crippen LogP contribution in [0.5, 0.6) is 0 Å². The number of hydrogen-bond donors (Lipinski definition) is 1. The molecule has 0 aliphatic heterocycles. The van der Waals surface area contributed by atoms with E-state index in [1.165, 1.54) is 9.21 Å². The van der Waals surface area contributed by atoms with Crippen molar-refractivity contribution < 1.29 is 18.0 Å². The number of sulfonamides is 1. The van der Waals surface area contributed by atoms with E-state index < -0.39 is 16.1 Å². The summed E-state index contributed by atoms with van der Waals surface area (Å²) in [4.78, 5) is 27.5. The van der Waals surface area contributed by atoms with Gasteiger partial charge in [-0.2, -0.15) is 0 Å². The lowest BCUT2D eigenvalue weighted by molar-refractivity contribution is -0.140. The van der Waals surface area contributed by atoms with Crippen LogP contribution in [-0.4, -0.2) is 50.5 Å². The highest BCUT2D eigenvalue weighted by Crippen LogP contribution is 2.27. The van der Waals surface area contributed by atoms with Crippen molar-refractivity contribution >= 4 is 50.7 Å². The zero-order chi connectivity index (χ0) is 27.0. The summed E-state index contributed by atoms with van der Waals surface area (Å²) in [5, 5.41) is 3.63. The van der Waals surface area contributed by atoms with E-state index in [1.807, 2.05) is 32.9 Å². The number of carbonyl (C=O) groups excluding carboxylic acids is 2. The van der Waals surface area contributed by atoms with Gasteiger partial charge in [0.1, 0.15) is 6.04 Å². The first-order valence-corrected chi connectivity index (χ1v) is 14.5. The van der Waals surface area contributed by atoms with Crippen molar-refractivity contribution in [1.82, 2.24) is 10.2 Å². The highest BCUT2D eigenvalue weighted by Gasteiger charge is 2.27. The van der Waals surface area contributed by atoms with E-state index in [0.29, 0.717) is 27.8 Å². The number of halogens is 2. The minimum atomic E-state index is -3.56. The summed E-state index contributed by atoms with van der Waals surface area (Å²) in [5.74, 6) is -0.569. The molecule has 198 valence electrons. The maximum absolute atomic E-state index is 13.3. The Kier molecular flexibility index (Phi) is 11.1. The van der Waals surface area contributed by atoms with E-state index in [2.05, 4.69) is 5.32 Å². The fourth-order valence-corrected chi connectivity index (χ4v) is 5.19. The lowest BCUT2D eigenvalue weighted by Gasteiger charge is -2.30. The Morgan fingerprint density at radius 1 is 1.06 bits per heavy atom. The number of benzene rings is 2. The molecule has 0 spiro atoms. The van der Waals surface area contributed by atoms with Gasteiger partial charge in [0.2, 0.25) is 21.8 Å². The van der Waals surface area contributed by atoms with Crippen molar-refractivity contribution in [2.45, 2.75) is 59.5 Å². The Morgan fingerprint density at radius 3 is 2.25 bits per heavy atom. The molecule has 10 heteroatoms. The second-order valence-corrected chi connectivity index (χ2v) is 11.6.